The molecule has 0 aliphatic rings. The summed E-state index contributed by atoms with van der Waals surface area (Å²) in [5.41, 5.74) is 2.50. The molecule has 3 heteroatoms. The van der Waals surface area contributed by atoms with Gasteiger partial charge in [-0.2, -0.15) is 0 Å². The maximum atomic E-state index is 7.86. The molecule has 1 aromatic heterocycles. The molecule has 18 heavy (non-hydrogen) atoms. The van der Waals surface area contributed by atoms with Gasteiger partial charge in [-0.05, 0) is 19.1 Å². The number of benzene rings is 1. The van der Waals surface area contributed by atoms with Gasteiger partial charge in [-0.3, -0.25) is 5.41 Å². The number of aryl methyl sites for hydroxylation is 1. The molecule has 2 aromatic rings. The normalized spacial score (nSPS) is 9.22. The molecule has 0 unspecified atom stereocenters. The van der Waals surface area contributed by atoms with Gasteiger partial charge in [0.2, 0.25) is 0 Å². The van der Waals surface area contributed by atoms with Gasteiger partial charge in [0.1, 0.15) is 5.71 Å². The molecule has 0 atom stereocenters. The monoisotopic (exact) mass is 243 g/mol. The van der Waals surface area contributed by atoms with E-state index < -0.39 is 0 Å². The predicted octanol–water partition coefficient (Wildman–Crippen LogP) is 3.17. The van der Waals surface area contributed by atoms with E-state index in [0.717, 1.165) is 5.56 Å². The minimum atomic E-state index is 0.0833. The molecule has 0 radical (unpaired) electrons. The summed E-state index contributed by atoms with van der Waals surface area (Å²) >= 11 is 0. The highest BCUT2D eigenvalue weighted by molar-refractivity contribution is 6.08. The first-order valence-electron chi connectivity index (χ1n) is 5.60. The molecule has 0 spiro atoms. The molecule has 2 N–H and O–H groups in total. The maximum absolute atomic E-state index is 7.86. The zero-order chi connectivity index (χ0) is 13.4. The molecule has 1 aromatic carbocycles. The first kappa shape index (κ1) is 13.9. The molecule has 94 valence electrons. The number of hydrogen-bond acceptors (Lipinski definition) is 3. The van der Waals surface area contributed by atoms with E-state index in [1.54, 1.807) is 18.4 Å². The lowest BCUT2D eigenvalue weighted by Crippen LogP contribution is -1.98. The van der Waals surface area contributed by atoms with Gasteiger partial charge in [-0.25, -0.2) is 0 Å². The SMILES string of the molecule is C=CCO.Cc1ccc(C(=N)c2ccco2)cc1. The number of furan rings is 1. The van der Waals surface area contributed by atoms with Crippen molar-refractivity contribution in [3.63, 3.8) is 0 Å². The minimum absolute atomic E-state index is 0.0833. The van der Waals surface area contributed by atoms with Crippen molar-refractivity contribution in [2.75, 3.05) is 6.61 Å². The van der Waals surface area contributed by atoms with Crippen molar-refractivity contribution in [2.24, 2.45) is 0 Å². The molecule has 3 nitrogen and oxygen atoms in total. The third kappa shape index (κ3) is 4.03. The van der Waals surface area contributed by atoms with Crippen molar-refractivity contribution in [3.05, 3.63) is 72.2 Å². The van der Waals surface area contributed by atoms with E-state index >= 15 is 0 Å². The quantitative estimate of drug-likeness (QED) is 0.642. The Morgan fingerprint density at radius 3 is 2.39 bits per heavy atom. The van der Waals surface area contributed by atoms with Gasteiger partial charge in [-0.15, -0.1) is 6.58 Å². The fourth-order valence-corrected chi connectivity index (χ4v) is 1.28. The van der Waals surface area contributed by atoms with E-state index in [1.165, 1.54) is 11.6 Å². The molecular weight excluding hydrogens is 226 g/mol. The van der Waals surface area contributed by atoms with E-state index in [-0.39, 0.29) is 6.61 Å². The summed E-state index contributed by atoms with van der Waals surface area (Å²) < 4.78 is 5.16. The van der Waals surface area contributed by atoms with Crippen LogP contribution < -0.4 is 0 Å². The second-order valence-electron chi connectivity index (χ2n) is 3.69. The zero-order valence-electron chi connectivity index (χ0n) is 10.4. The van der Waals surface area contributed by atoms with Crippen LogP contribution in [0.2, 0.25) is 0 Å². The highest BCUT2D eigenvalue weighted by atomic mass is 16.3. The summed E-state index contributed by atoms with van der Waals surface area (Å²) in [6, 6.07) is 11.4. The third-order valence-electron chi connectivity index (χ3n) is 2.24. The van der Waals surface area contributed by atoms with E-state index in [9.17, 15) is 0 Å². The van der Waals surface area contributed by atoms with E-state index in [4.69, 9.17) is 14.9 Å². The molecule has 0 aliphatic heterocycles. The number of hydrogen-bond donors (Lipinski definition) is 2. The summed E-state index contributed by atoms with van der Waals surface area (Å²) in [4.78, 5) is 0. The van der Waals surface area contributed by atoms with Crippen molar-refractivity contribution in [1.82, 2.24) is 0 Å². The summed E-state index contributed by atoms with van der Waals surface area (Å²) in [5.74, 6) is 0.605. The second kappa shape index (κ2) is 7.25. The Bertz CT molecular complexity index is 484. The predicted molar refractivity (Wildman–Crippen MR) is 73.1 cm³/mol. The average Bonchev–Trinajstić information content (AvgIpc) is 2.93. The van der Waals surface area contributed by atoms with E-state index in [2.05, 4.69) is 6.58 Å². The molecule has 0 saturated heterocycles. The standard InChI is InChI=1S/C12H11NO.C3H6O/c1-9-4-6-10(7-5-9)12(13)11-3-2-8-14-11;1-2-3-4/h2-8,13H,1H3;2,4H,1,3H2. The van der Waals surface area contributed by atoms with Crippen LogP contribution in [0.5, 0.6) is 0 Å². The number of rotatable bonds is 3. The van der Waals surface area contributed by atoms with Crippen LogP contribution in [-0.4, -0.2) is 17.4 Å². The molecule has 0 amide bonds. The lowest BCUT2D eigenvalue weighted by molar-refractivity contribution is 0.343. The van der Waals surface area contributed by atoms with Gasteiger partial charge < -0.3 is 9.52 Å². The van der Waals surface area contributed by atoms with Crippen LogP contribution in [0.15, 0.2) is 59.7 Å². The summed E-state index contributed by atoms with van der Waals surface area (Å²) in [6.07, 6.45) is 3.01. The average molecular weight is 243 g/mol. The Morgan fingerprint density at radius 2 is 1.94 bits per heavy atom. The Balaban J connectivity index is 0.000000357. The fourth-order valence-electron chi connectivity index (χ4n) is 1.28. The van der Waals surface area contributed by atoms with Gasteiger partial charge in [0.05, 0.1) is 12.9 Å². The van der Waals surface area contributed by atoms with Crippen molar-refractivity contribution < 1.29 is 9.52 Å². The van der Waals surface area contributed by atoms with Gasteiger partial charge in [0, 0.05) is 5.56 Å². The van der Waals surface area contributed by atoms with Gasteiger partial charge in [-0.1, -0.05) is 35.9 Å². The van der Waals surface area contributed by atoms with Gasteiger partial charge in [0.15, 0.2) is 5.76 Å². The van der Waals surface area contributed by atoms with Crippen molar-refractivity contribution in [2.45, 2.75) is 6.92 Å². The molecule has 0 bridgehead atoms. The molecule has 0 aliphatic carbocycles. The van der Waals surface area contributed by atoms with Crippen molar-refractivity contribution in [3.8, 4) is 0 Å². The van der Waals surface area contributed by atoms with Crippen molar-refractivity contribution >= 4 is 5.71 Å². The largest absolute Gasteiger partial charge is 0.463 e. The van der Waals surface area contributed by atoms with E-state index in [1.807, 2.05) is 31.2 Å². The zero-order valence-corrected chi connectivity index (χ0v) is 10.4. The third-order valence-corrected chi connectivity index (χ3v) is 2.24. The Morgan fingerprint density at radius 1 is 1.33 bits per heavy atom. The lowest BCUT2D eigenvalue weighted by Gasteiger charge is -2.00. The van der Waals surface area contributed by atoms with Gasteiger partial charge in [0.25, 0.3) is 0 Å². The maximum Gasteiger partial charge on any atom is 0.152 e. The second-order valence-corrected chi connectivity index (χ2v) is 3.69. The van der Waals surface area contributed by atoms with Crippen LogP contribution in [0.1, 0.15) is 16.9 Å². The Kier molecular flexibility index (Phi) is 5.61. The molecule has 1 heterocycles. The molecular formula is C15H17NO2. The molecule has 2 rings (SSSR count). The van der Waals surface area contributed by atoms with Gasteiger partial charge >= 0.3 is 0 Å². The topological polar surface area (TPSA) is 57.2 Å². The smallest absolute Gasteiger partial charge is 0.152 e. The highest BCUT2D eigenvalue weighted by Gasteiger charge is 2.05. The Hall–Kier alpha value is -2.13. The van der Waals surface area contributed by atoms with Crippen molar-refractivity contribution in [1.29, 1.82) is 5.41 Å². The Labute approximate surface area is 107 Å². The number of aliphatic hydroxyl groups is 1. The first-order valence-corrected chi connectivity index (χ1v) is 5.60. The number of aliphatic hydroxyl groups excluding tert-OH is 1. The van der Waals surface area contributed by atoms with Crippen LogP contribution >= 0.6 is 0 Å². The lowest BCUT2D eigenvalue weighted by atomic mass is 10.1. The first-order chi connectivity index (χ1) is 8.69. The van der Waals surface area contributed by atoms with Crippen LogP contribution in [-0.2, 0) is 0 Å². The minimum Gasteiger partial charge on any atom is -0.463 e. The molecule has 0 saturated carbocycles. The molecule has 0 fully saturated rings. The van der Waals surface area contributed by atoms with Crippen LogP contribution in [0.4, 0.5) is 0 Å². The number of nitrogens with one attached hydrogen (secondary N) is 1. The highest BCUT2D eigenvalue weighted by Crippen LogP contribution is 2.10. The van der Waals surface area contributed by atoms with Crippen LogP contribution in [0.25, 0.3) is 0 Å². The van der Waals surface area contributed by atoms with Crippen LogP contribution in [0.3, 0.4) is 0 Å². The summed E-state index contributed by atoms with van der Waals surface area (Å²) in [7, 11) is 0. The van der Waals surface area contributed by atoms with E-state index in [0.29, 0.717) is 11.5 Å². The fraction of sp³-hybridized carbons (Fsp3) is 0.133. The summed E-state index contributed by atoms with van der Waals surface area (Å²) in [6.45, 7) is 5.34. The van der Waals surface area contributed by atoms with Crippen LogP contribution in [0, 0.1) is 12.3 Å². The summed E-state index contributed by atoms with van der Waals surface area (Å²) in [5, 5.41) is 15.6.